The van der Waals surface area contributed by atoms with Crippen molar-refractivity contribution in [2.75, 3.05) is 0 Å². The zero-order chi connectivity index (χ0) is 13.5. The van der Waals surface area contributed by atoms with Gasteiger partial charge in [0.25, 0.3) is 0 Å². The van der Waals surface area contributed by atoms with Crippen molar-refractivity contribution in [1.82, 2.24) is 0 Å². The molecular formula is Ac2O12S3-6. The van der Waals surface area contributed by atoms with E-state index in [0.717, 1.165) is 0 Å². The van der Waals surface area contributed by atoms with Gasteiger partial charge >= 0.3 is 0 Å². The normalized spacial score (nSPS) is 10.2. The standard InChI is InChI=1S/2Ac.3H2O4S/c;;3*1-5(2,3)4/h;;3*(H2,1,2,3,4)/p-6. The Hall–Kier alpha value is 2.49. The van der Waals surface area contributed by atoms with Gasteiger partial charge in [-0.15, -0.1) is 0 Å². The summed E-state index contributed by atoms with van der Waals surface area (Å²) in [6, 6.07) is 0. The average molecular weight is 742 g/mol. The predicted octanol–water partition coefficient (Wildman–Crippen LogP) is -4.01. The van der Waals surface area contributed by atoms with Gasteiger partial charge in [-0.3, -0.25) is 25.3 Å². The maximum absolute atomic E-state index is 8.52. The summed E-state index contributed by atoms with van der Waals surface area (Å²) >= 11 is 0. The Morgan fingerprint density at radius 3 is 0.412 bits per heavy atom. The average Bonchev–Trinajstić information content (AvgIpc) is 1.41. The molecule has 0 unspecified atom stereocenters. The Morgan fingerprint density at radius 2 is 0.412 bits per heavy atom. The molecule has 12 nitrogen and oxygen atoms in total. The Labute approximate surface area is 168 Å². The topological polar surface area (TPSA) is 241 Å². The number of rotatable bonds is 0. The molecule has 17 heavy (non-hydrogen) atoms. The quantitative estimate of drug-likeness (QED) is 0.170. The molecule has 0 aromatic rings. The molecule has 0 aromatic carbocycles. The van der Waals surface area contributed by atoms with Crippen LogP contribution in [0.1, 0.15) is 0 Å². The van der Waals surface area contributed by atoms with Crippen molar-refractivity contribution in [2.45, 2.75) is 0 Å². The van der Waals surface area contributed by atoms with Gasteiger partial charge in [0.05, 0.1) is 0 Å². The summed E-state index contributed by atoms with van der Waals surface area (Å²) < 4.78 is 102. The van der Waals surface area contributed by atoms with Crippen molar-refractivity contribution >= 4 is 31.2 Å². The van der Waals surface area contributed by atoms with Crippen LogP contribution in [0.4, 0.5) is 0 Å². The molecule has 0 N–H and O–H groups in total. The first-order valence-electron chi connectivity index (χ1n) is 2.00. The van der Waals surface area contributed by atoms with Gasteiger partial charge in [-0.2, -0.15) is 0 Å². The summed E-state index contributed by atoms with van der Waals surface area (Å²) in [6.45, 7) is 0. The number of hydrogen-bond acceptors (Lipinski definition) is 12. The molecule has 2 radical (unpaired) electrons. The molecule has 0 rings (SSSR count). The van der Waals surface area contributed by atoms with Gasteiger partial charge in [0.15, 0.2) is 0 Å². The first-order valence-corrected chi connectivity index (χ1v) is 6.00. The van der Waals surface area contributed by atoms with Gasteiger partial charge in [-0.05, 0) is 0 Å². The van der Waals surface area contributed by atoms with Gasteiger partial charge in [0.2, 0.25) is 0 Å². The zero-order valence-electron chi connectivity index (χ0n) is 7.28. The van der Waals surface area contributed by atoms with Crippen molar-refractivity contribution in [2.24, 2.45) is 0 Å². The first kappa shape index (κ1) is 31.7. The molecule has 102 valence electrons. The van der Waals surface area contributed by atoms with E-state index in [2.05, 4.69) is 0 Å². The Balaban J connectivity index is -0.0000000400. The molecule has 0 heterocycles. The van der Waals surface area contributed by atoms with Crippen LogP contribution in [-0.2, 0) is 31.2 Å². The SMILES string of the molecule is O=S(=O)([O-])[O-].O=S(=O)([O-])[O-].O=S(=O)([O-])[O-].[Ac].[Ac]. The van der Waals surface area contributed by atoms with Crippen LogP contribution in [0.2, 0.25) is 0 Å². The Morgan fingerprint density at radius 1 is 0.412 bits per heavy atom. The molecule has 0 atom stereocenters. The largest absolute Gasteiger partial charge is 0.759 e. The third kappa shape index (κ3) is 809. The summed E-state index contributed by atoms with van der Waals surface area (Å²) in [5.74, 6) is 0. The van der Waals surface area contributed by atoms with Gasteiger partial charge in [0.1, 0.15) is 0 Å². The Kier molecular flexibility index (Phi) is 25.2. The molecule has 0 saturated heterocycles. The summed E-state index contributed by atoms with van der Waals surface area (Å²) in [5, 5.41) is 0. The maximum atomic E-state index is 8.52. The molecule has 0 aromatic heterocycles. The Bertz CT molecular complexity index is 341. The summed E-state index contributed by atoms with van der Waals surface area (Å²) in [4.78, 5) is 0. The summed E-state index contributed by atoms with van der Waals surface area (Å²) in [7, 11) is -15.5. The van der Waals surface area contributed by atoms with E-state index in [4.69, 9.17) is 52.6 Å². The van der Waals surface area contributed by atoms with E-state index in [1.807, 2.05) is 0 Å². The monoisotopic (exact) mass is 742 g/mol. The van der Waals surface area contributed by atoms with E-state index in [9.17, 15) is 0 Å². The molecule has 0 bridgehead atoms. The minimum atomic E-state index is -5.17. The van der Waals surface area contributed by atoms with Gasteiger partial charge < -0.3 is 27.3 Å². The second-order valence-corrected chi connectivity index (χ2v) is 3.67. The molecule has 0 saturated carbocycles. The van der Waals surface area contributed by atoms with Gasteiger partial charge in [-0.1, -0.05) is 0 Å². The molecule has 0 amide bonds. The van der Waals surface area contributed by atoms with E-state index in [1.54, 1.807) is 0 Å². The van der Waals surface area contributed by atoms with E-state index >= 15 is 0 Å². The second-order valence-electron chi connectivity index (χ2n) is 1.22. The third-order valence-corrected chi connectivity index (χ3v) is 0. The van der Waals surface area contributed by atoms with Crippen LogP contribution in [0.5, 0.6) is 0 Å². The molecule has 0 aliphatic rings. The van der Waals surface area contributed by atoms with Crippen LogP contribution < -0.4 is 0 Å². The second kappa shape index (κ2) is 13.5. The van der Waals surface area contributed by atoms with Crippen LogP contribution in [0, 0.1) is 88.1 Å². The van der Waals surface area contributed by atoms with Crippen molar-refractivity contribution < 1.29 is 141 Å². The minimum Gasteiger partial charge on any atom is -0.759 e. The van der Waals surface area contributed by atoms with Crippen LogP contribution in [0.3, 0.4) is 0 Å². The molecule has 17 heteroatoms. The molecule has 0 aliphatic heterocycles. The molecule has 0 spiro atoms. The fourth-order valence-electron chi connectivity index (χ4n) is 0. The van der Waals surface area contributed by atoms with E-state index < -0.39 is 31.2 Å². The van der Waals surface area contributed by atoms with Crippen LogP contribution >= 0.6 is 0 Å². The van der Waals surface area contributed by atoms with Crippen LogP contribution in [0.25, 0.3) is 0 Å². The van der Waals surface area contributed by atoms with E-state index in [-0.39, 0.29) is 88.1 Å². The summed E-state index contributed by atoms with van der Waals surface area (Å²) in [6.07, 6.45) is 0. The van der Waals surface area contributed by atoms with Crippen molar-refractivity contribution in [1.29, 1.82) is 0 Å². The maximum Gasteiger partial charge on any atom is 0.0311 e. The molecule has 0 fully saturated rings. The number of hydrogen-bond donors (Lipinski definition) is 0. The van der Waals surface area contributed by atoms with Crippen LogP contribution in [0.15, 0.2) is 0 Å². The van der Waals surface area contributed by atoms with Gasteiger partial charge in [0, 0.05) is 119 Å². The first-order chi connectivity index (χ1) is 6.00. The third-order valence-electron chi connectivity index (χ3n) is 0. The van der Waals surface area contributed by atoms with Crippen molar-refractivity contribution in [3.63, 3.8) is 0 Å². The van der Waals surface area contributed by atoms with Gasteiger partial charge in [-0.25, -0.2) is 0 Å². The fourth-order valence-corrected chi connectivity index (χ4v) is 0. The fraction of sp³-hybridized carbons (Fsp3) is 0. The molecular weight excluding hydrogens is 742 g/mol. The summed E-state index contributed by atoms with van der Waals surface area (Å²) in [5.41, 5.74) is 0. The van der Waals surface area contributed by atoms with E-state index in [0.29, 0.717) is 0 Å². The predicted molar refractivity (Wildman–Crippen MR) is 31.4 cm³/mol. The van der Waals surface area contributed by atoms with E-state index in [1.165, 1.54) is 0 Å². The van der Waals surface area contributed by atoms with Crippen molar-refractivity contribution in [3.05, 3.63) is 0 Å². The zero-order valence-corrected chi connectivity index (χ0v) is 19.2. The van der Waals surface area contributed by atoms with Crippen LogP contribution in [-0.4, -0.2) is 52.6 Å². The molecule has 0 aliphatic carbocycles. The minimum absolute atomic E-state index is 0. The van der Waals surface area contributed by atoms with Crippen molar-refractivity contribution in [3.8, 4) is 0 Å². The smallest absolute Gasteiger partial charge is 0.0311 e.